The highest BCUT2D eigenvalue weighted by atomic mass is 32.2. The van der Waals surface area contributed by atoms with Crippen LogP contribution in [-0.4, -0.2) is 84.6 Å². The van der Waals surface area contributed by atoms with Crippen molar-refractivity contribution in [1.29, 1.82) is 0 Å². The van der Waals surface area contributed by atoms with Crippen LogP contribution in [0.4, 0.5) is 5.82 Å². The number of aromatic nitrogens is 1. The molecular formula is C22H34N4O7S. The van der Waals surface area contributed by atoms with Gasteiger partial charge >= 0.3 is 0 Å². The molecule has 12 heteroatoms. The number of thioether (sulfide) groups is 1. The van der Waals surface area contributed by atoms with Gasteiger partial charge in [0, 0.05) is 18.9 Å². The quantitative estimate of drug-likeness (QED) is 0.233. The van der Waals surface area contributed by atoms with Crippen LogP contribution in [0.25, 0.3) is 0 Å². The number of Topliss-reactive ketones (excluding diaryl/α,β-unsaturated/α-hetero) is 1. The van der Waals surface area contributed by atoms with Gasteiger partial charge in [0.1, 0.15) is 29.5 Å². The number of aryl methyl sites for hydroxylation is 1. The highest BCUT2D eigenvalue weighted by molar-refractivity contribution is 7.98. The van der Waals surface area contributed by atoms with E-state index >= 15 is 0 Å². The minimum atomic E-state index is -1.17. The zero-order chi connectivity index (χ0) is 25.5. The zero-order valence-corrected chi connectivity index (χ0v) is 21.2. The van der Waals surface area contributed by atoms with Crippen LogP contribution in [0.5, 0.6) is 0 Å². The van der Waals surface area contributed by atoms with E-state index in [0.717, 1.165) is 0 Å². The van der Waals surface area contributed by atoms with Crippen molar-refractivity contribution in [3.8, 4) is 0 Å². The molecule has 0 aromatic carbocycles. The number of nitrogens with one attached hydrogen (secondary N) is 3. The number of hydrogen-bond donors (Lipinski definition) is 3. The summed E-state index contributed by atoms with van der Waals surface area (Å²) in [6.45, 7) is 7.61. The standard InChI is InChI=1S/C22H34N4O7S/c1-12(2)7-14(19(28)22(4)11-32-22)23-20(29)15(10-34-6)24-21(30)18(16(9-27)31-5)25-17-8-13(3)33-26-17/h8-9,12,14-16,18H,7,10-11H2,1-6H3,(H,23,29)(H,24,30)(H,25,26). The van der Waals surface area contributed by atoms with E-state index in [2.05, 4.69) is 21.1 Å². The largest absolute Gasteiger partial charge is 0.371 e. The van der Waals surface area contributed by atoms with E-state index in [0.29, 0.717) is 25.1 Å². The molecule has 1 aliphatic rings. The molecule has 0 radical (unpaired) electrons. The van der Waals surface area contributed by atoms with E-state index in [1.807, 2.05) is 13.8 Å². The Labute approximate surface area is 203 Å². The van der Waals surface area contributed by atoms with Crippen molar-refractivity contribution < 1.29 is 33.2 Å². The summed E-state index contributed by atoms with van der Waals surface area (Å²) in [6.07, 6.45) is 1.58. The summed E-state index contributed by atoms with van der Waals surface area (Å²) in [5.41, 5.74) is -0.883. The third-order valence-electron chi connectivity index (χ3n) is 5.35. The van der Waals surface area contributed by atoms with E-state index < -0.39 is 41.6 Å². The van der Waals surface area contributed by atoms with Crippen molar-refractivity contribution in [1.82, 2.24) is 15.8 Å². The second kappa shape index (κ2) is 12.3. The molecule has 0 bridgehead atoms. The van der Waals surface area contributed by atoms with Gasteiger partial charge in [-0.05, 0) is 32.4 Å². The van der Waals surface area contributed by atoms with Crippen LogP contribution >= 0.6 is 11.8 Å². The minimum absolute atomic E-state index is 0.153. The number of aldehydes is 1. The van der Waals surface area contributed by atoms with Crippen LogP contribution < -0.4 is 16.0 Å². The number of methoxy groups -OCH3 is 1. The third-order valence-corrected chi connectivity index (χ3v) is 6.02. The van der Waals surface area contributed by atoms with Gasteiger partial charge in [-0.1, -0.05) is 19.0 Å². The number of carbonyl (C=O) groups is 4. The molecule has 1 aromatic heterocycles. The van der Waals surface area contributed by atoms with Crippen molar-refractivity contribution in [3.63, 3.8) is 0 Å². The van der Waals surface area contributed by atoms with Gasteiger partial charge in [-0.3, -0.25) is 14.4 Å². The fourth-order valence-electron chi connectivity index (χ4n) is 3.37. The first-order valence-electron chi connectivity index (χ1n) is 11.0. The molecule has 5 atom stereocenters. The van der Waals surface area contributed by atoms with Gasteiger partial charge in [0.05, 0.1) is 12.6 Å². The molecule has 1 aliphatic heterocycles. The number of hydrogen-bond acceptors (Lipinski definition) is 10. The number of nitrogens with zero attached hydrogens (tertiary/aromatic N) is 1. The van der Waals surface area contributed by atoms with Crippen molar-refractivity contribution in [2.24, 2.45) is 5.92 Å². The zero-order valence-electron chi connectivity index (χ0n) is 20.4. The molecule has 0 saturated carbocycles. The van der Waals surface area contributed by atoms with Crippen molar-refractivity contribution in [2.45, 2.75) is 63.9 Å². The summed E-state index contributed by atoms with van der Waals surface area (Å²) in [4.78, 5) is 50.6. The Morgan fingerprint density at radius 2 is 1.91 bits per heavy atom. The smallest absolute Gasteiger partial charge is 0.246 e. The molecule has 34 heavy (non-hydrogen) atoms. The molecule has 1 saturated heterocycles. The van der Waals surface area contributed by atoms with Crippen LogP contribution in [-0.2, 0) is 28.7 Å². The normalized spacial score (nSPS) is 20.7. The molecule has 2 rings (SSSR count). The van der Waals surface area contributed by atoms with Gasteiger partial charge in [0.2, 0.25) is 11.8 Å². The molecule has 1 aromatic rings. The molecule has 5 unspecified atom stereocenters. The second-order valence-corrected chi connectivity index (χ2v) is 9.78. The lowest BCUT2D eigenvalue weighted by molar-refractivity contribution is -0.134. The van der Waals surface area contributed by atoms with Crippen LogP contribution in [0.3, 0.4) is 0 Å². The molecule has 3 N–H and O–H groups in total. The Balaban J connectivity index is 2.16. The van der Waals surface area contributed by atoms with Crippen molar-refractivity contribution >= 4 is 41.5 Å². The molecule has 190 valence electrons. The summed E-state index contributed by atoms with van der Waals surface area (Å²) in [7, 11) is 1.30. The lowest BCUT2D eigenvalue weighted by Gasteiger charge is -2.27. The van der Waals surface area contributed by atoms with E-state index in [1.54, 1.807) is 26.2 Å². The van der Waals surface area contributed by atoms with Crippen molar-refractivity contribution in [2.75, 3.05) is 31.0 Å². The van der Waals surface area contributed by atoms with Crippen LogP contribution in [0.15, 0.2) is 10.6 Å². The van der Waals surface area contributed by atoms with Gasteiger partial charge < -0.3 is 34.7 Å². The van der Waals surface area contributed by atoms with Gasteiger partial charge in [-0.25, -0.2) is 0 Å². The van der Waals surface area contributed by atoms with Gasteiger partial charge in [-0.2, -0.15) is 11.8 Å². The number of carbonyl (C=O) groups excluding carboxylic acids is 4. The summed E-state index contributed by atoms with van der Waals surface area (Å²) in [5.74, 6) is -0.171. The topological polar surface area (TPSA) is 152 Å². The van der Waals surface area contributed by atoms with Crippen LogP contribution in [0.1, 0.15) is 33.0 Å². The fraction of sp³-hybridized carbons (Fsp3) is 0.682. The number of amides is 2. The highest BCUT2D eigenvalue weighted by Crippen LogP contribution is 2.29. The molecule has 1 fully saturated rings. The minimum Gasteiger partial charge on any atom is -0.371 e. The van der Waals surface area contributed by atoms with E-state index in [4.69, 9.17) is 14.0 Å². The van der Waals surface area contributed by atoms with Gasteiger partial charge in [-0.15, -0.1) is 0 Å². The molecular weight excluding hydrogens is 464 g/mol. The van der Waals surface area contributed by atoms with E-state index in [-0.39, 0.29) is 23.3 Å². The van der Waals surface area contributed by atoms with Gasteiger partial charge in [0.15, 0.2) is 17.9 Å². The Bertz CT molecular complexity index is 871. The third kappa shape index (κ3) is 7.54. The predicted octanol–water partition coefficient (Wildman–Crippen LogP) is 0.714. The predicted molar refractivity (Wildman–Crippen MR) is 127 cm³/mol. The summed E-state index contributed by atoms with van der Waals surface area (Å²) in [5, 5.41) is 12.1. The fourth-order valence-corrected chi connectivity index (χ4v) is 3.93. The highest BCUT2D eigenvalue weighted by Gasteiger charge is 2.50. The first-order chi connectivity index (χ1) is 16.0. The summed E-state index contributed by atoms with van der Waals surface area (Å²) in [6, 6.07) is -1.30. The number of anilines is 1. The van der Waals surface area contributed by atoms with Gasteiger partial charge in [0.25, 0.3) is 0 Å². The SMILES string of the molecule is COC(C=O)C(Nc1cc(C)on1)C(=O)NC(CSC)C(=O)NC(CC(C)C)C(=O)C1(C)CO1. The molecule has 11 nitrogen and oxygen atoms in total. The Morgan fingerprint density at radius 1 is 1.26 bits per heavy atom. The lowest BCUT2D eigenvalue weighted by Crippen LogP contribution is -2.58. The maximum absolute atomic E-state index is 13.1. The van der Waals surface area contributed by atoms with Crippen molar-refractivity contribution in [3.05, 3.63) is 11.8 Å². The monoisotopic (exact) mass is 498 g/mol. The summed E-state index contributed by atoms with van der Waals surface area (Å²) >= 11 is 1.35. The molecule has 0 aliphatic carbocycles. The first kappa shape index (κ1) is 27.8. The molecule has 2 amide bonds. The first-order valence-corrected chi connectivity index (χ1v) is 12.4. The Kier molecular flexibility index (Phi) is 10.1. The second-order valence-electron chi connectivity index (χ2n) is 8.87. The Morgan fingerprint density at radius 3 is 2.38 bits per heavy atom. The number of ether oxygens (including phenoxy) is 2. The summed E-state index contributed by atoms with van der Waals surface area (Å²) < 4.78 is 15.4. The maximum Gasteiger partial charge on any atom is 0.246 e. The number of ketones is 1. The molecule has 0 spiro atoms. The number of epoxide rings is 1. The van der Waals surface area contributed by atoms with E-state index in [9.17, 15) is 19.2 Å². The molecule has 2 heterocycles. The maximum atomic E-state index is 13.1. The van der Waals surface area contributed by atoms with Crippen LogP contribution in [0.2, 0.25) is 0 Å². The average molecular weight is 499 g/mol. The van der Waals surface area contributed by atoms with E-state index in [1.165, 1.54) is 18.9 Å². The average Bonchev–Trinajstić information content (AvgIpc) is 3.40. The lowest BCUT2D eigenvalue weighted by atomic mass is 9.93. The Hall–Kier alpha value is -2.44. The van der Waals surface area contributed by atoms with Crippen LogP contribution in [0, 0.1) is 12.8 Å². The number of rotatable bonds is 15.